The number of nitrogens with zero attached hydrogens (tertiary/aromatic N) is 2. The van der Waals surface area contributed by atoms with Crippen LogP contribution in [0.25, 0.3) is 0 Å². The summed E-state index contributed by atoms with van der Waals surface area (Å²) < 4.78 is 9.86. The first-order valence-corrected chi connectivity index (χ1v) is 6.71. The first-order chi connectivity index (χ1) is 9.67. The van der Waals surface area contributed by atoms with Crippen molar-refractivity contribution in [3.63, 3.8) is 0 Å². The summed E-state index contributed by atoms with van der Waals surface area (Å²) in [5, 5.41) is 0. The normalized spacial score (nSPS) is 21.4. The maximum Gasteiger partial charge on any atom is 0.416 e. The second-order valence-corrected chi connectivity index (χ2v) is 5.70. The second-order valence-electron chi connectivity index (χ2n) is 5.70. The minimum Gasteiger partial charge on any atom is -0.452 e. The predicted molar refractivity (Wildman–Crippen MR) is 75.7 cm³/mol. The lowest BCUT2D eigenvalue weighted by molar-refractivity contribution is -0.134. The fourth-order valence-corrected chi connectivity index (χ4v) is 1.80. The zero-order valence-electron chi connectivity index (χ0n) is 13.1. The average Bonchev–Trinajstić information content (AvgIpc) is 2.37. The number of hydrogen-bond acceptors (Lipinski definition) is 5. The van der Waals surface area contributed by atoms with Gasteiger partial charge in [0.15, 0.2) is 0 Å². The fourth-order valence-electron chi connectivity index (χ4n) is 1.80. The van der Waals surface area contributed by atoms with Gasteiger partial charge in [0.2, 0.25) is 0 Å². The minimum atomic E-state index is -0.816. The smallest absolute Gasteiger partial charge is 0.416 e. The molecule has 0 saturated heterocycles. The zero-order chi connectivity index (χ0) is 16.2. The minimum absolute atomic E-state index is 0.123. The third-order valence-corrected chi connectivity index (χ3v) is 2.87. The molecule has 7 nitrogen and oxygen atoms in total. The summed E-state index contributed by atoms with van der Waals surface area (Å²) in [5.41, 5.74) is -0.659. The molecule has 0 spiro atoms. The SMILES string of the molecule is COC(=O)N1C/C=C\CN(C(=O)OC(C)(C)C)[C@@H](C)C1=O. The number of methoxy groups -OCH3 is 1. The van der Waals surface area contributed by atoms with Crippen LogP contribution in [0.3, 0.4) is 0 Å². The van der Waals surface area contributed by atoms with Crippen LogP contribution >= 0.6 is 0 Å². The number of carbonyl (C=O) groups is 3. The molecule has 118 valence electrons. The Morgan fingerprint density at radius 2 is 1.76 bits per heavy atom. The van der Waals surface area contributed by atoms with Gasteiger partial charge in [-0.2, -0.15) is 0 Å². The Balaban J connectivity index is 2.95. The maximum atomic E-state index is 12.3. The molecule has 1 rings (SSSR count). The molecule has 0 radical (unpaired) electrons. The molecular formula is C14H22N2O5. The van der Waals surface area contributed by atoms with Crippen LogP contribution in [0, 0.1) is 0 Å². The van der Waals surface area contributed by atoms with Gasteiger partial charge in [0.1, 0.15) is 11.6 Å². The highest BCUT2D eigenvalue weighted by Crippen LogP contribution is 2.15. The first kappa shape index (κ1) is 17.0. The predicted octanol–water partition coefficient (Wildman–Crippen LogP) is 1.78. The second kappa shape index (κ2) is 6.60. The molecule has 0 aliphatic carbocycles. The molecule has 3 amide bonds. The van der Waals surface area contributed by atoms with Crippen molar-refractivity contribution in [3.05, 3.63) is 12.2 Å². The monoisotopic (exact) mass is 298 g/mol. The lowest BCUT2D eigenvalue weighted by atomic mass is 10.2. The molecule has 1 atom stereocenters. The van der Waals surface area contributed by atoms with E-state index in [2.05, 4.69) is 4.74 Å². The Labute approximate surface area is 124 Å². The highest BCUT2D eigenvalue weighted by Gasteiger charge is 2.35. The average molecular weight is 298 g/mol. The Kier molecular flexibility index (Phi) is 5.34. The van der Waals surface area contributed by atoms with Gasteiger partial charge >= 0.3 is 12.2 Å². The van der Waals surface area contributed by atoms with Gasteiger partial charge < -0.3 is 9.47 Å². The Hall–Kier alpha value is -2.05. The van der Waals surface area contributed by atoms with Crippen LogP contribution in [0.15, 0.2) is 12.2 Å². The van der Waals surface area contributed by atoms with Crippen LogP contribution in [0.2, 0.25) is 0 Å². The number of ether oxygens (including phenoxy) is 2. The Bertz CT molecular complexity index is 453. The molecule has 1 heterocycles. The van der Waals surface area contributed by atoms with Gasteiger partial charge in [-0.3, -0.25) is 9.69 Å². The number of rotatable bonds is 0. The van der Waals surface area contributed by atoms with E-state index in [1.165, 1.54) is 12.0 Å². The van der Waals surface area contributed by atoms with Gasteiger partial charge in [0.05, 0.1) is 13.7 Å². The van der Waals surface area contributed by atoms with Crippen molar-refractivity contribution in [2.45, 2.75) is 39.3 Å². The Morgan fingerprint density at radius 3 is 2.29 bits per heavy atom. The summed E-state index contributed by atoms with van der Waals surface area (Å²) >= 11 is 0. The zero-order valence-corrected chi connectivity index (χ0v) is 13.1. The van der Waals surface area contributed by atoms with Crippen LogP contribution in [-0.2, 0) is 14.3 Å². The van der Waals surface area contributed by atoms with Crippen molar-refractivity contribution in [1.82, 2.24) is 9.80 Å². The molecule has 7 heteroatoms. The summed E-state index contributed by atoms with van der Waals surface area (Å²) in [4.78, 5) is 38.3. The standard InChI is InChI=1S/C14H22N2O5/c1-10-11(17)16(12(18)20-5)9-7-6-8-15(10)13(19)21-14(2,3)4/h6-7,10H,8-9H2,1-5H3/b7-6-/t10-/m0/s1. The molecule has 0 fully saturated rings. The van der Waals surface area contributed by atoms with Crippen LogP contribution in [-0.4, -0.2) is 59.7 Å². The van der Waals surface area contributed by atoms with E-state index < -0.39 is 29.7 Å². The summed E-state index contributed by atoms with van der Waals surface area (Å²) in [6.45, 7) is 7.17. The lowest BCUT2D eigenvalue weighted by Gasteiger charge is -2.33. The van der Waals surface area contributed by atoms with Gasteiger partial charge in [0, 0.05) is 6.54 Å². The summed E-state index contributed by atoms with van der Waals surface area (Å²) in [5.74, 6) is -0.503. The van der Waals surface area contributed by atoms with Crippen molar-refractivity contribution in [1.29, 1.82) is 0 Å². The van der Waals surface area contributed by atoms with E-state index in [1.54, 1.807) is 39.8 Å². The van der Waals surface area contributed by atoms with E-state index in [4.69, 9.17) is 4.74 Å². The summed E-state index contributed by atoms with van der Waals surface area (Å²) in [7, 11) is 1.20. The van der Waals surface area contributed by atoms with Gasteiger partial charge in [-0.15, -0.1) is 0 Å². The largest absolute Gasteiger partial charge is 0.452 e. The summed E-state index contributed by atoms with van der Waals surface area (Å²) in [6.07, 6.45) is 2.00. The number of amides is 3. The molecule has 1 aliphatic heterocycles. The van der Waals surface area contributed by atoms with E-state index in [0.29, 0.717) is 0 Å². The Morgan fingerprint density at radius 1 is 1.19 bits per heavy atom. The van der Waals surface area contributed by atoms with Gasteiger partial charge in [-0.25, -0.2) is 14.5 Å². The lowest BCUT2D eigenvalue weighted by Crippen LogP contribution is -2.53. The van der Waals surface area contributed by atoms with Crippen molar-refractivity contribution in [3.8, 4) is 0 Å². The number of imide groups is 1. The molecule has 0 unspecified atom stereocenters. The van der Waals surface area contributed by atoms with Gasteiger partial charge in [0.25, 0.3) is 5.91 Å². The van der Waals surface area contributed by atoms with E-state index in [1.807, 2.05) is 0 Å². The first-order valence-electron chi connectivity index (χ1n) is 6.71. The van der Waals surface area contributed by atoms with E-state index in [0.717, 1.165) is 4.90 Å². The van der Waals surface area contributed by atoms with Crippen LogP contribution in [0.1, 0.15) is 27.7 Å². The molecule has 0 aromatic heterocycles. The van der Waals surface area contributed by atoms with Gasteiger partial charge in [-0.1, -0.05) is 12.2 Å². The molecule has 0 aromatic rings. The highest BCUT2D eigenvalue weighted by atomic mass is 16.6. The van der Waals surface area contributed by atoms with E-state index in [-0.39, 0.29) is 13.1 Å². The quantitative estimate of drug-likeness (QED) is 0.637. The van der Waals surface area contributed by atoms with Crippen molar-refractivity contribution in [2.75, 3.05) is 20.2 Å². The third kappa shape index (κ3) is 4.47. The van der Waals surface area contributed by atoms with E-state index >= 15 is 0 Å². The van der Waals surface area contributed by atoms with Crippen LogP contribution in [0.5, 0.6) is 0 Å². The molecular weight excluding hydrogens is 276 g/mol. The molecule has 0 saturated carbocycles. The van der Waals surface area contributed by atoms with Crippen LogP contribution in [0.4, 0.5) is 9.59 Å². The van der Waals surface area contributed by atoms with Gasteiger partial charge in [-0.05, 0) is 27.7 Å². The van der Waals surface area contributed by atoms with Crippen LogP contribution < -0.4 is 0 Å². The maximum absolute atomic E-state index is 12.3. The van der Waals surface area contributed by atoms with Crippen molar-refractivity contribution >= 4 is 18.1 Å². The fraction of sp³-hybridized carbons (Fsp3) is 0.643. The van der Waals surface area contributed by atoms with E-state index in [9.17, 15) is 14.4 Å². The highest BCUT2D eigenvalue weighted by molar-refractivity contribution is 5.96. The molecule has 21 heavy (non-hydrogen) atoms. The molecule has 0 aromatic carbocycles. The third-order valence-electron chi connectivity index (χ3n) is 2.87. The van der Waals surface area contributed by atoms with Crippen molar-refractivity contribution < 1.29 is 23.9 Å². The van der Waals surface area contributed by atoms with Crippen molar-refractivity contribution in [2.24, 2.45) is 0 Å². The number of carbonyl (C=O) groups excluding carboxylic acids is 3. The number of hydrogen-bond donors (Lipinski definition) is 0. The molecule has 0 N–H and O–H groups in total. The molecule has 0 bridgehead atoms. The molecule has 1 aliphatic rings. The summed E-state index contributed by atoms with van der Waals surface area (Å²) in [6, 6.07) is -0.816. The topological polar surface area (TPSA) is 76.2 Å².